The van der Waals surface area contributed by atoms with Gasteiger partial charge in [-0.2, -0.15) is 52.7 Å². The van der Waals surface area contributed by atoms with Crippen molar-refractivity contribution in [1.29, 1.82) is 0 Å². The van der Waals surface area contributed by atoms with E-state index in [2.05, 4.69) is 9.97 Å². The number of alkyl halides is 12. The molecule has 2 aromatic heterocycles. The lowest BCUT2D eigenvalue weighted by atomic mass is 9.86. The lowest BCUT2D eigenvalue weighted by Gasteiger charge is -2.19. The second-order valence-corrected chi connectivity index (χ2v) is 11.4. The van der Waals surface area contributed by atoms with Gasteiger partial charge in [-0.15, -0.1) is 0 Å². The molecule has 4 nitrogen and oxygen atoms in total. The molecule has 0 amide bonds. The molecule has 52 heavy (non-hydrogen) atoms. The van der Waals surface area contributed by atoms with Crippen LogP contribution in [0.15, 0.2) is 107 Å². The minimum atomic E-state index is -5.23. The van der Waals surface area contributed by atoms with Gasteiger partial charge in [0.1, 0.15) is 11.0 Å². The summed E-state index contributed by atoms with van der Waals surface area (Å²) in [6.07, 6.45) is -18.7. The first-order chi connectivity index (χ1) is 24.4. The van der Waals surface area contributed by atoms with Crippen LogP contribution in [0.3, 0.4) is 0 Å². The Morgan fingerprint density at radius 1 is 0.385 bits per heavy atom. The lowest BCUT2D eigenvalue weighted by molar-refractivity contribution is -0.144. The Balaban J connectivity index is 1.50. The van der Waals surface area contributed by atoms with E-state index in [4.69, 9.17) is 8.83 Å². The fraction of sp³-hybridized carbons (Fsp3) is 0.111. The number of hydrogen-bond donors (Lipinski definition) is 0. The van der Waals surface area contributed by atoms with Crippen LogP contribution in [0.25, 0.3) is 66.7 Å². The van der Waals surface area contributed by atoms with Crippen LogP contribution >= 0.6 is 0 Å². The Kier molecular flexibility index (Phi) is 7.92. The maximum atomic E-state index is 14.3. The molecule has 0 saturated heterocycles. The number of rotatable bonds is 4. The molecule has 0 bridgehead atoms. The van der Waals surface area contributed by atoms with Gasteiger partial charge in [0.2, 0.25) is 0 Å². The summed E-state index contributed by atoms with van der Waals surface area (Å²) in [5.41, 5.74) is -8.26. The standard InChI is InChI=1S/C36H16F12N2O2/c37-33(38,39)17-9-11-21(25(13-17)35(43,44)45)19-5-1-3-7-23(19)27-29-32(52-15-49-29)28(30-31(27)51-16-50-30)24-8-4-2-6-20(24)22-12-10-18(34(40,41)42)14-26(22)36(46,47)48/h1-16H. The summed E-state index contributed by atoms with van der Waals surface area (Å²) in [6, 6.07) is 13.2. The Morgan fingerprint density at radius 2 is 0.731 bits per heavy atom. The molecule has 16 heteroatoms. The summed E-state index contributed by atoms with van der Waals surface area (Å²) in [5, 5.41) is 0. The van der Waals surface area contributed by atoms with E-state index in [9.17, 15) is 52.7 Å². The van der Waals surface area contributed by atoms with E-state index in [1.165, 1.54) is 48.5 Å². The smallest absolute Gasteiger partial charge is 0.417 e. The van der Waals surface area contributed by atoms with E-state index >= 15 is 0 Å². The van der Waals surface area contributed by atoms with Crippen molar-refractivity contribution in [3.63, 3.8) is 0 Å². The Hall–Kier alpha value is -5.80. The predicted molar refractivity (Wildman–Crippen MR) is 163 cm³/mol. The fourth-order valence-electron chi connectivity index (χ4n) is 6.17. The summed E-state index contributed by atoms with van der Waals surface area (Å²) in [6.45, 7) is 0. The zero-order valence-electron chi connectivity index (χ0n) is 25.5. The third-order valence-corrected chi connectivity index (χ3v) is 8.34. The summed E-state index contributed by atoms with van der Waals surface area (Å²) >= 11 is 0. The summed E-state index contributed by atoms with van der Waals surface area (Å²) in [7, 11) is 0. The molecule has 0 atom stereocenters. The summed E-state index contributed by atoms with van der Waals surface area (Å²) in [5.74, 6) is 0. The highest BCUT2D eigenvalue weighted by molar-refractivity contribution is 6.18. The molecule has 0 aliphatic carbocycles. The molecule has 0 fully saturated rings. The molecule has 2 heterocycles. The molecule has 0 spiro atoms. The van der Waals surface area contributed by atoms with Gasteiger partial charge >= 0.3 is 24.7 Å². The number of fused-ring (bicyclic) bond motifs is 2. The van der Waals surface area contributed by atoms with Crippen LogP contribution in [-0.4, -0.2) is 9.97 Å². The minimum absolute atomic E-state index is 0.00166. The van der Waals surface area contributed by atoms with Crippen molar-refractivity contribution >= 4 is 22.2 Å². The molecule has 5 aromatic carbocycles. The molecule has 0 unspecified atom stereocenters. The molecule has 0 saturated carbocycles. The average Bonchev–Trinajstić information content (AvgIpc) is 3.76. The van der Waals surface area contributed by atoms with E-state index < -0.39 is 58.1 Å². The van der Waals surface area contributed by atoms with Crippen LogP contribution in [0.1, 0.15) is 22.3 Å². The van der Waals surface area contributed by atoms with Crippen molar-refractivity contribution in [2.45, 2.75) is 24.7 Å². The minimum Gasteiger partial charge on any atom is -0.443 e. The Labute approximate surface area is 282 Å². The number of oxazole rings is 2. The van der Waals surface area contributed by atoms with Gasteiger partial charge in [0.25, 0.3) is 0 Å². The van der Waals surface area contributed by atoms with E-state index in [1.807, 2.05) is 0 Å². The van der Waals surface area contributed by atoms with Gasteiger partial charge < -0.3 is 8.83 Å². The number of nitrogens with zero attached hydrogens (tertiary/aromatic N) is 2. The topological polar surface area (TPSA) is 52.1 Å². The van der Waals surface area contributed by atoms with Crippen molar-refractivity contribution in [2.24, 2.45) is 0 Å². The molecule has 7 rings (SSSR count). The van der Waals surface area contributed by atoms with Crippen LogP contribution in [0, 0.1) is 0 Å². The number of halogens is 12. The van der Waals surface area contributed by atoms with Crippen molar-refractivity contribution in [3.8, 4) is 44.5 Å². The van der Waals surface area contributed by atoms with Gasteiger partial charge in [0.05, 0.1) is 33.4 Å². The molecule has 0 radical (unpaired) electrons. The number of benzene rings is 5. The molecular weight excluding hydrogens is 720 g/mol. The fourth-order valence-corrected chi connectivity index (χ4v) is 6.17. The summed E-state index contributed by atoms with van der Waals surface area (Å²) in [4.78, 5) is 8.46. The molecule has 266 valence electrons. The second kappa shape index (κ2) is 11.9. The lowest BCUT2D eigenvalue weighted by Crippen LogP contribution is -2.12. The third kappa shape index (κ3) is 5.90. The van der Waals surface area contributed by atoms with Crippen molar-refractivity contribution in [3.05, 3.63) is 120 Å². The zero-order chi connectivity index (χ0) is 37.4. The summed E-state index contributed by atoms with van der Waals surface area (Å²) < 4.78 is 178. The van der Waals surface area contributed by atoms with Gasteiger partial charge in [-0.3, -0.25) is 0 Å². The quantitative estimate of drug-likeness (QED) is 0.169. The monoisotopic (exact) mass is 736 g/mol. The third-order valence-electron chi connectivity index (χ3n) is 8.34. The highest BCUT2D eigenvalue weighted by Gasteiger charge is 2.41. The molecular formula is C36H16F12N2O2. The van der Waals surface area contributed by atoms with Gasteiger partial charge in [-0.25, -0.2) is 9.97 Å². The first-order valence-corrected chi connectivity index (χ1v) is 14.7. The predicted octanol–water partition coefficient (Wildman–Crippen LogP) is 12.7. The zero-order valence-corrected chi connectivity index (χ0v) is 25.5. The van der Waals surface area contributed by atoms with E-state index in [1.54, 1.807) is 0 Å². The van der Waals surface area contributed by atoms with Gasteiger partial charge in [0, 0.05) is 0 Å². The van der Waals surface area contributed by atoms with Gasteiger partial charge in [-0.1, -0.05) is 60.7 Å². The first kappa shape index (κ1) is 34.6. The maximum Gasteiger partial charge on any atom is 0.417 e. The number of hydrogen-bond acceptors (Lipinski definition) is 4. The Bertz CT molecular complexity index is 2270. The second-order valence-electron chi connectivity index (χ2n) is 11.4. The maximum absolute atomic E-state index is 14.3. The highest BCUT2D eigenvalue weighted by Crippen LogP contribution is 2.50. The van der Waals surface area contributed by atoms with Crippen molar-refractivity contribution in [1.82, 2.24) is 9.97 Å². The van der Waals surface area contributed by atoms with Crippen molar-refractivity contribution in [2.75, 3.05) is 0 Å². The van der Waals surface area contributed by atoms with Crippen molar-refractivity contribution < 1.29 is 61.5 Å². The molecule has 0 aliphatic rings. The molecule has 0 N–H and O–H groups in total. The Morgan fingerprint density at radius 3 is 1.06 bits per heavy atom. The largest absolute Gasteiger partial charge is 0.443 e. The van der Waals surface area contributed by atoms with Gasteiger partial charge in [-0.05, 0) is 57.6 Å². The van der Waals surface area contributed by atoms with Crippen LogP contribution < -0.4 is 0 Å². The first-order valence-electron chi connectivity index (χ1n) is 14.7. The van der Waals surface area contributed by atoms with Crippen LogP contribution in [0.2, 0.25) is 0 Å². The molecule has 7 aromatic rings. The normalized spacial score (nSPS) is 13.0. The average molecular weight is 737 g/mol. The highest BCUT2D eigenvalue weighted by atomic mass is 19.4. The van der Waals surface area contributed by atoms with Crippen LogP contribution in [0.4, 0.5) is 52.7 Å². The van der Waals surface area contributed by atoms with Gasteiger partial charge in [0.15, 0.2) is 24.0 Å². The number of aromatic nitrogens is 2. The van der Waals surface area contributed by atoms with Crippen LogP contribution in [-0.2, 0) is 24.7 Å². The van der Waals surface area contributed by atoms with Crippen LogP contribution in [0.5, 0.6) is 0 Å². The van der Waals surface area contributed by atoms with E-state index in [-0.39, 0.29) is 67.7 Å². The van der Waals surface area contributed by atoms with E-state index in [0.29, 0.717) is 24.3 Å². The SMILES string of the molecule is FC(F)(F)c1ccc(-c2ccccc2-c2c3ncoc3c(-c3ccccc3-c3ccc(C(F)(F)F)cc3C(F)(F)F)c3ncoc23)c(C(F)(F)F)c1. The van der Waals surface area contributed by atoms with E-state index in [0.717, 1.165) is 12.8 Å². The molecule has 0 aliphatic heterocycles.